The normalized spacial score (nSPS) is 11.1. The quantitative estimate of drug-likeness (QED) is 0.892. The Balaban J connectivity index is 2.16. The van der Waals surface area contributed by atoms with Crippen LogP contribution in [0.3, 0.4) is 0 Å². The largest absolute Gasteiger partial charge is 0.356 e. The highest BCUT2D eigenvalue weighted by Crippen LogP contribution is 2.19. The molecule has 1 heterocycles. The second-order valence-electron chi connectivity index (χ2n) is 6.29. The highest BCUT2D eigenvalue weighted by Gasteiger charge is 2.09. The number of H-pyrrole nitrogens is 1. The van der Waals surface area contributed by atoms with Crippen LogP contribution in [-0.2, 0) is 11.2 Å². The Kier molecular flexibility index (Phi) is 5.01. The van der Waals surface area contributed by atoms with Crippen molar-refractivity contribution < 1.29 is 4.79 Å². The number of hydrogen-bond acceptors (Lipinski definition) is 2. The van der Waals surface area contributed by atoms with E-state index in [0.29, 0.717) is 30.9 Å². The van der Waals surface area contributed by atoms with Crippen LogP contribution in [0, 0.1) is 19.8 Å². The zero-order valence-electron chi connectivity index (χ0n) is 13.7. The molecule has 0 aliphatic rings. The molecule has 118 valence electrons. The number of aryl methyl sites for hydroxylation is 3. The molecule has 4 heteroatoms. The first-order valence-electron chi connectivity index (χ1n) is 7.77. The topological polar surface area (TPSA) is 62.0 Å². The van der Waals surface area contributed by atoms with E-state index in [1.807, 2.05) is 26.0 Å². The van der Waals surface area contributed by atoms with Crippen molar-refractivity contribution in [1.82, 2.24) is 10.3 Å². The molecule has 0 aliphatic carbocycles. The number of aromatic nitrogens is 1. The first-order chi connectivity index (χ1) is 10.4. The Labute approximate surface area is 130 Å². The minimum absolute atomic E-state index is 0.00622. The maximum absolute atomic E-state index is 12.2. The van der Waals surface area contributed by atoms with E-state index in [1.165, 1.54) is 0 Å². The van der Waals surface area contributed by atoms with Gasteiger partial charge in [0, 0.05) is 18.5 Å². The summed E-state index contributed by atoms with van der Waals surface area (Å²) in [4.78, 5) is 26.9. The van der Waals surface area contributed by atoms with Crippen LogP contribution in [-0.4, -0.2) is 17.4 Å². The zero-order valence-corrected chi connectivity index (χ0v) is 13.7. The number of carbonyl (C=O) groups excluding carboxylic acids is 1. The summed E-state index contributed by atoms with van der Waals surface area (Å²) in [7, 11) is 0. The Hall–Kier alpha value is -2.10. The number of aromatic amines is 1. The Morgan fingerprint density at radius 1 is 1.27 bits per heavy atom. The molecule has 0 radical (unpaired) electrons. The number of benzene rings is 1. The molecular weight excluding hydrogens is 276 g/mol. The van der Waals surface area contributed by atoms with Gasteiger partial charge in [-0.3, -0.25) is 9.59 Å². The highest BCUT2D eigenvalue weighted by atomic mass is 16.1. The summed E-state index contributed by atoms with van der Waals surface area (Å²) in [5.41, 5.74) is 3.70. The van der Waals surface area contributed by atoms with E-state index in [4.69, 9.17) is 0 Å². The van der Waals surface area contributed by atoms with E-state index in [1.54, 1.807) is 0 Å². The summed E-state index contributed by atoms with van der Waals surface area (Å²) in [6, 6.07) is 5.96. The van der Waals surface area contributed by atoms with Gasteiger partial charge in [-0.1, -0.05) is 26.0 Å². The lowest BCUT2D eigenvalue weighted by Crippen LogP contribution is -2.28. The van der Waals surface area contributed by atoms with Crippen LogP contribution in [0.2, 0.25) is 0 Å². The van der Waals surface area contributed by atoms with Gasteiger partial charge in [0.2, 0.25) is 5.91 Å². The van der Waals surface area contributed by atoms with Gasteiger partial charge in [-0.2, -0.15) is 0 Å². The number of carbonyl (C=O) groups is 1. The minimum atomic E-state index is -0.0992. The van der Waals surface area contributed by atoms with Gasteiger partial charge >= 0.3 is 0 Å². The molecule has 0 saturated carbocycles. The van der Waals surface area contributed by atoms with Crippen molar-refractivity contribution in [3.8, 4) is 0 Å². The fourth-order valence-corrected chi connectivity index (χ4v) is 2.41. The summed E-state index contributed by atoms with van der Waals surface area (Å²) in [5.74, 6) is 0.424. The predicted octanol–water partition coefficient (Wildman–Crippen LogP) is 2.85. The number of nitrogens with one attached hydrogen (secondary N) is 2. The molecule has 2 rings (SSSR count). The maximum Gasteiger partial charge on any atom is 0.251 e. The number of rotatable bonds is 5. The summed E-state index contributed by atoms with van der Waals surface area (Å²) in [6.07, 6.45) is 0.800. The molecule has 0 unspecified atom stereocenters. The van der Waals surface area contributed by atoms with Crippen LogP contribution in [0.25, 0.3) is 10.9 Å². The van der Waals surface area contributed by atoms with Crippen molar-refractivity contribution in [2.45, 2.75) is 40.5 Å². The van der Waals surface area contributed by atoms with E-state index in [2.05, 4.69) is 30.2 Å². The first kappa shape index (κ1) is 16.3. The summed E-state index contributed by atoms with van der Waals surface area (Å²) < 4.78 is 0. The molecule has 0 aliphatic heterocycles. The molecular formula is C18H24N2O2. The first-order valence-corrected chi connectivity index (χ1v) is 7.77. The Morgan fingerprint density at radius 3 is 2.68 bits per heavy atom. The van der Waals surface area contributed by atoms with Crippen molar-refractivity contribution in [3.63, 3.8) is 0 Å². The number of hydrogen-bond donors (Lipinski definition) is 2. The van der Waals surface area contributed by atoms with Crippen LogP contribution in [0.1, 0.15) is 37.0 Å². The van der Waals surface area contributed by atoms with Crippen LogP contribution in [0.5, 0.6) is 0 Å². The predicted molar refractivity (Wildman–Crippen MR) is 90.2 cm³/mol. The van der Waals surface area contributed by atoms with E-state index < -0.39 is 0 Å². The van der Waals surface area contributed by atoms with Crippen LogP contribution >= 0.6 is 0 Å². The number of pyridine rings is 1. The van der Waals surface area contributed by atoms with Crippen LogP contribution in [0.4, 0.5) is 0 Å². The van der Waals surface area contributed by atoms with Crippen molar-refractivity contribution in [2.24, 2.45) is 5.92 Å². The van der Waals surface area contributed by atoms with Crippen LogP contribution in [0.15, 0.2) is 23.0 Å². The lowest BCUT2D eigenvalue weighted by molar-refractivity contribution is -0.121. The molecule has 2 aromatic rings. The molecule has 0 spiro atoms. The molecule has 1 amide bonds. The van der Waals surface area contributed by atoms with Gasteiger partial charge in [-0.05, 0) is 48.8 Å². The molecule has 4 nitrogen and oxygen atoms in total. The third kappa shape index (κ3) is 3.75. The van der Waals surface area contributed by atoms with Gasteiger partial charge in [0.05, 0.1) is 5.52 Å². The van der Waals surface area contributed by atoms with Gasteiger partial charge in [-0.15, -0.1) is 0 Å². The molecule has 1 aromatic carbocycles. The summed E-state index contributed by atoms with van der Waals surface area (Å²) in [6.45, 7) is 8.81. The molecule has 1 aromatic heterocycles. The second-order valence-corrected chi connectivity index (χ2v) is 6.29. The van der Waals surface area contributed by atoms with Gasteiger partial charge in [-0.25, -0.2) is 0 Å². The summed E-state index contributed by atoms with van der Waals surface area (Å²) in [5, 5.41) is 3.89. The van der Waals surface area contributed by atoms with E-state index in [0.717, 1.165) is 22.0 Å². The highest BCUT2D eigenvalue weighted by molar-refractivity contribution is 5.83. The van der Waals surface area contributed by atoms with Gasteiger partial charge in [0.1, 0.15) is 0 Å². The van der Waals surface area contributed by atoms with E-state index >= 15 is 0 Å². The lowest BCUT2D eigenvalue weighted by Gasteiger charge is -2.09. The van der Waals surface area contributed by atoms with Gasteiger partial charge in [0.15, 0.2) is 0 Å². The standard InChI is InChI=1S/C18H24N2O2/c1-11(2)10-19-16(21)8-7-15-9-14-6-5-12(3)13(4)17(14)20-18(15)22/h5-6,9,11H,7-8,10H2,1-4H3,(H,19,21)(H,20,22). The number of fused-ring (bicyclic) bond motifs is 1. The molecule has 0 atom stereocenters. The Morgan fingerprint density at radius 2 is 2.00 bits per heavy atom. The number of amides is 1. The molecule has 0 saturated heterocycles. The Bertz CT molecular complexity index is 745. The minimum Gasteiger partial charge on any atom is -0.356 e. The average molecular weight is 300 g/mol. The smallest absolute Gasteiger partial charge is 0.251 e. The fourth-order valence-electron chi connectivity index (χ4n) is 2.41. The van der Waals surface area contributed by atoms with E-state index in [-0.39, 0.29) is 11.5 Å². The van der Waals surface area contributed by atoms with E-state index in [9.17, 15) is 9.59 Å². The lowest BCUT2D eigenvalue weighted by atomic mass is 10.0. The molecule has 2 N–H and O–H groups in total. The fraction of sp³-hybridized carbons (Fsp3) is 0.444. The monoisotopic (exact) mass is 300 g/mol. The third-order valence-electron chi connectivity index (χ3n) is 3.96. The second kappa shape index (κ2) is 6.77. The zero-order chi connectivity index (χ0) is 16.3. The van der Waals surface area contributed by atoms with Crippen molar-refractivity contribution in [2.75, 3.05) is 6.54 Å². The van der Waals surface area contributed by atoms with Crippen molar-refractivity contribution in [3.05, 3.63) is 45.2 Å². The van der Waals surface area contributed by atoms with Crippen LogP contribution < -0.4 is 10.9 Å². The van der Waals surface area contributed by atoms with Crippen molar-refractivity contribution in [1.29, 1.82) is 0 Å². The van der Waals surface area contributed by atoms with Gasteiger partial charge < -0.3 is 10.3 Å². The maximum atomic E-state index is 12.2. The third-order valence-corrected chi connectivity index (χ3v) is 3.96. The molecule has 22 heavy (non-hydrogen) atoms. The molecule has 0 fully saturated rings. The van der Waals surface area contributed by atoms with Crippen molar-refractivity contribution >= 4 is 16.8 Å². The summed E-state index contributed by atoms with van der Waals surface area (Å²) >= 11 is 0. The average Bonchev–Trinajstić information content (AvgIpc) is 2.47. The molecule has 0 bridgehead atoms. The van der Waals surface area contributed by atoms with Gasteiger partial charge in [0.25, 0.3) is 5.56 Å². The SMILES string of the molecule is Cc1ccc2cc(CCC(=O)NCC(C)C)c(=O)[nH]c2c1C.